The van der Waals surface area contributed by atoms with Crippen molar-refractivity contribution >= 4 is 52.3 Å². The molecule has 7 nitrogen and oxygen atoms in total. The number of rotatable bonds is 8. The summed E-state index contributed by atoms with van der Waals surface area (Å²) in [7, 11) is 0. The molecular weight excluding hydrogens is 523 g/mol. The number of aryl methyl sites for hydroxylation is 1. The van der Waals surface area contributed by atoms with Crippen molar-refractivity contribution in [2.45, 2.75) is 6.92 Å². The van der Waals surface area contributed by atoms with E-state index in [1.807, 2.05) is 61.5 Å². The maximum Gasteiger partial charge on any atom is 0.326 e. The van der Waals surface area contributed by atoms with Gasteiger partial charge >= 0.3 is 12.1 Å². The van der Waals surface area contributed by atoms with E-state index in [2.05, 4.69) is 16.0 Å². The van der Waals surface area contributed by atoms with Crippen molar-refractivity contribution in [3.8, 4) is 11.5 Å². The second-order valence-electron chi connectivity index (χ2n) is 8.37. The number of benzene rings is 4. The number of urea groups is 2. The van der Waals surface area contributed by atoms with Crippen LogP contribution < -0.4 is 25.6 Å². The van der Waals surface area contributed by atoms with Gasteiger partial charge in [-0.3, -0.25) is 4.90 Å². The van der Waals surface area contributed by atoms with Crippen LogP contribution >= 0.6 is 23.2 Å². The normalized spacial score (nSPS) is 10.4. The quantitative estimate of drug-likeness (QED) is 0.209. The van der Waals surface area contributed by atoms with Gasteiger partial charge in [0, 0.05) is 29.5 Å². The Kier molecular flexibility index (Phi) is 9.08. The fraction of sp³-hybridized carbons (Fsp3) is 0.103. The summed E-state index contributed by atoms with van der Waals surface area (Å²) in [5.74, 6) is 1.35. The van der Waals surface area contributed by atoms with E-state index in [0.29, 0.717) is 38.6 Å². The topological polar surface area (TPSA) is 82.7 Å². The van der Waals surface area contributed by atoms with Crippen molar-refractivity contribution < 1.29 is 14.3 Å². The first-order valence-electron chi connectivity index (χ1n) is 11.9. The van der Waals surface area contributed by atoms with E-state index >= 15 is 0 Å². The van der Waals surface area contributed by atoms with Gasteiger partial charge in [-0.1, -0.05) is 53.5 Å². The molecule has 3 N–H and O–H groups in total. The molecule has 4 aromatic rings. The van der Waals surface area contributed by atoms with Gasteiger partial charge in [-0.15, -0.1) is 0 Å². The molecule has 4 amide bonds. The predicted molar refractivity (Wildman–Crippen MR) is 154 cm³/mol. The first-order chi connectivity index (χ1) is 18.4. The second-order valence-corrected chi connectivity index (χ2v) is 9.21. The third-order valence-corrected chi connectivity index (χ3v) is 5.99. The predicted octanol–water partition coefficient (Wildman–Crippen LogP) is 7.95. The van der Waals surface area contributed by atoms with Gasteiger partial charge in [0.15, 0.2) is 0 Å². The van der Waals surface area contributed by atoms with Crippen LogP contribution in [0.5, 0.6) is 11.5 Å². The van der Waals surface area contributed by atoms with E-state index in [1.165, 1.54) is 0 Å². The average molecular weight is 549 g/mol. The second kappa shape index (κ2) is 12.9. The Balaban J connectivity index is 1.44. The monoisotopic (exact) mass is 548 g/mol. The molecule has 0 aromatic heterocycles. The molecule has 9 heteroatoms. The summed E-state index contributed by atoms with van der Waals surface area (Å²) < 4.78 is 5.87. The number of anilines is 3. The van der Waals surface area contributed by atoms with Crippen LogP contribution in [0.15, 0.2) is 97.1 Å². The summed E-state index contributed by atoms with van der Waals surface area (Å²) >= 11 is 12.0. The highest BCUT2D eigenvalue weighted by atomic mass is 35.5. The Morgan fingerprint density at radius 3 is 2.26 bits per heavy atom. The van der Waals surface area contributed by atoms with Gasteiger partial charge in [0.2, 0.25) is 0 Å². The van der Waals surface area contributed by atoms with E-state index in [1.54, 1.807) is 47.4 Å². The molecule has 0 saturated heterocycles. The number of halogens is 2. The van der Waals surface area contributed by atoms with Crippen LogP contribution in [0.3, 0.4) is 0 Å². The molecular formula is C29H26Cl2N4O3. The maximum absolute atomic E-state index is 13.3. The molecule has 0 aliphatic carbocycles. The number of carbonyl (C=O) groups excluding carboxylic acids is 2. The van der Waals surface area contributed by atoms with Crippen LogP contribution in [0.1, 0.15) is 5.56 Å². The smallest absolute Gasteiger partial charge is 0.326 e. The zero-order chi connectivity index (χ0) is 26.9. The van der Waals surface area contributed by atoms with E-state index in [9.17, 15) is 9.59 Å². The van der Waals surface area contributed by atoms with E-state index < -0.39 is 6.03 Å². The lowest BCUT2D eigenvalue weighted by Gasteiger charge is -2.24. The molecule has 0 aliphatic heterocycles. The molecule has 38 heavy (non-hydrogen) atoms. The van der Waals surface area contributed by atoms with E-state index in [-0.39, 0.29) is 19.1 Å². The molecule has 0 heterocycles. The van der Waals surface area contributed by atoms with Crippen LogP contribution in [-0.4, -0.2) is 25.2 Å². The molecule has 0 atom stereocenters. The number of para-hydroxylation sites is 1. The lowest BCUT2D eigenvalue weighted by atomic mass is 10.2. The molecule has 0 radical (unpaired) electrons. The Labute approximate surface area is 231 Å². The first kappa shape index (κ1) is 26.9. The van der Waals surface area contributed by atoms with Gasteiger partial charge in [0.1, 0.15) is 11.5 Å². The molecule has 0 fully saturated rings. The molecule has 0 spiro atoms. The third-order valence-electron chi connectivity index (χ3n) is 5.44. The fourth-order valence-corrected chi connectivity index (χ4v) is 4.07. The number of nitrogens with one attached hydrogen (secondary N) is 3. The Hall–Kier alpha value is -4.20. The van der Waals surface area contributed by atoms with Gasteiger partial charge in [0.25, 0.3) is 0 Å². The SMILES string of the molecule is Cc1cccc(NC(=O)N(CCNC(=O)Nc2ccc(Cl)cc2Cl)c2ccc(Oc3ccccc3)cc2)c1. The fourth-order valence-electron chi connectivity index (χ4n) is 3.62. The summed E-state index contributed by atoms with van der Waals surface area (Å²) in [5.41, 5.74) is 2.76. The zero-order valence-corrected chi connectivity index (χ0v) is 22.1. The van der Waals surface area contributed by atoms with Crippen LogP contribution in [0.2, 0.25) is 10.0 Å². The van der Waals surface area contributed by atoms with Crippen LogP contribution in [0.25, 0.3) is 0 Å². The lowest BCUT2D eigenvalue weighted by molar-refractivity contribution is 0.250. The van der Waals surface area contributed by atoms with Gasteiger partial charge in [-0.05, 0) is 79.2 Å². The summed E-state index contributed by atoms with van der Waals surface area (Å²) in [4.78, 5) is 27.2. The Bertz CT molecular complexity index is 1400. The maximum atomic E-state index is 13.3. The van der Waals surface area contributed by atoms with Crippen LogP contribution in [-0.2, 0) is 0 Å². The summed E-state index contributed by atoms with van der Waals surface area (Å²) in [6, 6.07) is 28.1. The van der Waals surface area contributed by atoms with Crippen LogP contribution in [0.4, 0.5) is 26.7 Å². The Morgan fingerprint density at radius 2 is 1.55 bits per heavy atom. The highest BCUT2D eigenvalue weighted by molar-refractivity contribution is 6.36. The molecule has 4 rings (SSSR count). The summed E-state index contributed by atoms with van der Waals surface area (Å²) in [6.45, 7) is 2.34. The standard InChI is InChI=1S/C29H26Cl2N4O3/c1-20-6-5-7-22(18-20)33-29(37)35(17-16-32-28(36)34-27-15-10-21(30)19-26(27)31)23-11-13-25(14-12-23)38-24-8-3-2-4-9-24/h2-15,18-19H,16-17H2,1H3,(H,33,37)(H2,32,34,36). The molecule has 0 bridgehead atoms. The van der Waals surface area contributed by atoms with E-state index in [0.717, 1.165) is 5.56 Å². The van der Waals surface area contributed by atoms with Gasteiger partial charge in [-0.2, -0.15) is 0 Å². The molecule has 0 aliphatic rings. The third kappa shape index (κ3) is 7.65. The van der Waals surface area contributed by atoms with Crippen molar-refractivity contribution in [2.24, 2.45) is 0 Å². The minimum absolute atomic E-state index is 0.181. The highest BCUT2D eigenvalue weighted by Gasteiger charge is 2.17. The highest BCUT2D eigenvalue weighted by Crippen LogP contribution is 2.26. The van der Waals surface area contributed by atoms with Gasteiger partial charge < -0.3 is 20.7 Å². The number of carbonyl (C=O) groups is 2. The van der Waals surface area contributed by atoms with Gasteiger partial charge in [-0.25, -0.2) is 9.59 Å². The largest absolute Gasteiger partial charge is 0.457 e. The number of ether oxygens (including phenoxy) is 1. The van der Waals surface area contributed by atoms with Crippen molar-refractivity contribution in [2.75, 3.05) is 28.6 Å². The number of hydrogen-bond donors (Lipinski definition) is 3. The lowest BCUT2D eigenvalue weighted by Crippen LogP contribution is -2.42. The van der Waals surface area contributed by atoms with Crippen molar-refractivity contribution in [1.82, 2.24) is 5.32 Å². The molecule has 194 valence electrons. The van der Waals surface area contributed by atoms with Gasteiger partial charge in [0.05, 0.1) is 10.7 Å². The van der Waals surface area contributed by atoms with Crippen LogP contribution in [0, 0.1) is 6.92 Å². The summed E-state index contributed by atoms with van der Waals surface area (Å²) in [6.07, 6.45) is 0. The molecule has 4 aromatic carbocycles. The number of amides is 4. The van der Waals surface area contributed by atoms with Crippen molar-refractivity contribution in [3.05, 3.63) is 113 Å². The number of hydrogen-bond acceptors (Lipinski definition) is 3. The van der Waals surface area contributed by atoms with Crippen molar-refractivity contribution in [3.63, 3.8) is 0 Å². The number of nitrogens with zero attached hydrogens (tertiary/aromatic N) is 1. The molecule has 0 saturated carbocycles. The van der Waals surface area contributed by atoms with Crippen molar-refractivity contribution in [1.29, 1.82) is 0 Å². The molecule has 0 unspecified atom stereocenters. The van der Waals surface area contributed by atoms with E-state index in [4.69, 9.17) is 27.9 Å². The zero-order valence-electron chi connectivity index (χ0n) is 20.6. The minimum Gasteiger partial charge on any atom is -0.457 e. The average Bonchev–Trinajstić information content (AvgIpc) is 2.89. The Morgan fingerprint density at radius 1 is 0.816 bits per heavy atom. The first-order valence-corrected chi connectivity index (χ1v) is 12.6. The summed E-state index contributed by atoms with van der Waals surface area (Å²) in [5, 5.41) is 9.15. The minimum atomic E-state index is -0.458.